The van der Waals surface area contributed by atoms with Crippen molar-refractivity contribution in [2.45, 2.75) is 18.8 Å². The van der Waals surface area contributed by atoms with Gasteiger partial charge in [-0.05, 0) is 24.1 Å². The minimum Gasteiger partial charge on any atom is -0.482 e. The highest BCUT2D eigenvalue weighted by molar-refractivity contribution is 6.00. The van der Waals surface area contributed by atoms with Crippen molar-refractivity contribution in [2.24, 2.45) is 0 Å². The van der Waals surface area contributed by atoms with E-state index in [0.717, 1.165) is 0 Å². The van der Waals surface area contributed by atoms with Crippen LogP contribution in [0.25, 0.3) is 0 Å². The summed E-state index contributed by atoms with van der Waals surface area (Å²) in [5.41, 5.74) is 0.716. The van der Waals surface area contributed by atoms with Crippen molar-refractivity contribution in [1.29, 1.82) is 0 Å². The number of carboxylic acids is 1. The fraction of sp³-hybridized carbons (Fsp3) is 0.308. The largest absolute Gasteiger partial charge is 0.482 e. The Balaban J connectivity index is 2.12. The molecule has 1 saturated heterocycles. The molecule has 0 aliphatic carbocycles. The van der Waals surface area contributed by atoms with Gasteiger partial charge in [0, 0.05) is 6.42 Å². The van der Waals surface area contributed by atoms with Crippen LogP contribution < -0.4 is 10.1 Å². The van der Waals surface area contributed by atoms with Gasteiger partial charge >= 0.3 is 5.97 Å². The number of carbonyl (C=O) groups is 3. The molecule has 1 heterocycles. The van der Waals surface area contributed by atoms with Crippen LogP contribution in [0.4, 0.5) is 0 Å². The number of carboxylic acid groups (broad SMARTS) is 1. The molecule has 1 atom stereocenters. The van der Waals surface area contributed by atoms with Gasteiger partial charge in [0.15, 0.2) is 6.61 Å². The number of carbonyl (C=O) groups excluding carboxylic acids is 2. The Hall–Kier alpha value is -2.37. The first kappa shape index (κ1) is 13.1. The SMILES string of the molecule is O=C(O)COc1cccc(C2CCC(=O)NC2=O)c1. The van der Waals surface area contributed by atoms with E-state index in [1.54, 1.807) is 24.3 Å². The van der Waals surface area contributed by atoms with Crippen LogP contribution in [0.3, 0.4) is 0 Å². The van der Waals surface area contributed by atoms with E-state index in [9.17, 15) is 14.4 Å². The highest BCUT2D eigenvalue weighted by Crippen LogP contribution is 2.27. The van der Waals surface area contributed by atoms with Gasteiger partial charge in [0.1, 0.15) is 5.75 Å². The van der Waals surface area contributed by atoms with Crippen LogP contribution in [0.5, 0.6) is 5.75 Å². The van der Waals surface area contributed by atoms with E-state index in [1.807, 2.05) is 0 Å². The monoisotopic (exact) mass is 263 g/mol. The molecule has 1 unspecified atom stereocenters. The van der Waals surface area contributed by atoms with Crippen LogP contribution in [0.2, 0.25) is 0 Å². The molecule has 1 aromatic rings. The molecule has 0 saturated carbocycles. The minimum atomic E-state index is -1.06. The fourth-order valence-corrected chi connectivity index (χ4v) is 1.98. The van der Waals surface area contributed by atoms with E-state index >= 15 is 0 Å². The van der Waals surface area contributed by atoms with Crippen molar-refractivity contribution >= 4 is 17.8 Å². The molecular formula is C13H13NO5. The molecule has 1 aliphatic heterocycles. The molecule has 0 bridgehead atoms. The maximum atomic E-state index is 11.7. The van der Waals surface area contributed by atoms with E-state index in [0.29, 0.717) is 24.2 Å². The quantitative estimate of drug-likeness (QED) is 0.779. The molecule has 0 spiro atoms. The standard InChI is InChI=1S/C13H13NO5/c15-11-5-4-10(13(18)14-11)8-2-1-3-9(6-8)19-7-12(16)17/h1-3,6,10H,4-5,7H2,(H,16,17)(H,14,15,18). The smallest absolute Gasteiger partial charge is 0.341 e. The molecule has 19 heavy (non-hydrogen) atoms. The zero-order valence-corrected chi connectivity index (χ0v) is 10.1. The summed E-state index contributed by atoms with van der Waals surface area (Å²) >= 11 is 0. The molecule has 2 rings (SSSR count). The molecule has 2 N–H and O–H groups in total. The van der Waals surface area contributed by atoms with Crippen LogP contribution in [0.1, 0.15) is 24.3 Å². The lowest BCUT2D eigenvalue weighted by Gasteiger charge is -2.21. The predicted molar refractivity (Wildman–Crippen MR) is 64.7 cm³/mol. The van der Waals surface area contributed by atoms with Gasteiger partial charge in [0.25, 0.3) is 0 Å². The molecule has 0 aromatic heterocycles. The third-order valence-corrected chi connectivity index (χ3v) is 2.86. The van der Waals surface area contributed by atoms with Gasteiger partial charge in [-0.3, -0.25) is 14.9 Å². The zero-order valence-electron chi connectivity index (χ0n) is 10.1. The van der Waals surface area contributed by atoms with Gasteiger partial charge in [-0.25, -0.2) is 4.79 Å². The summed E-state index contributed by atoms with van der Waals surface area (Å²) in [6.07, 6.45) is 0.754. The highest BCUT2D eigenvalue weighted by atomic mass is 16.5. The van der Waals surface area contributed by atoms with E-state index in [2.05, 4.69) is 5.32 Å². The molecular weight excluding hydrogens is 250 g/mol. The van der Waals surface area contributed by atoms with Crippen molar-refractivity contribution in [3.63, 3.8) is 0 Å². The molecule has 1 aliphatic rings. The predicted octanol–water partition coefficient (Wildman–Crippen LogP) is 0.670. The minimum absolute atomic E-state index is 0.264. The van der Waals surface area contributed by atoms with Crippen LogP contribution in [-0.2, 0) is 14.4 Å². The number of hydrogen-bond acceptors (Lipinski definition) is 4. The Morgan fingerprint density at radius 3 is 2.89 bits per heavy atom. The summed E-state index contributed by atoms with van der Waals surface area (Å²) in [5, 5.41) is 10.8. The fourth-order valence-electron chi connectivity index (χ4n) is 1.98. The first-order valence-electron chi connectivity index (χ1n) is 5.84. The van der Waals surface area contributed by atoms with E-state index in [4.69, 9.17) is 9.84 Å². The van der Waals surface area contributed by atoms with Gasteiger partial charge in [-0.15, -0.1) is 0 Å². The summed E-state index contributed by atoms with van der Waals surface area (Å²) in [6.45, 7) is -0.432. The van der Waals surface area contributed by atoms with E-state index < -0.39 is 18.5 Å². The van der Waals surface area contributed by atoms with Crippen molar-refractivity contribution in [1.82, 2.24) is 5.32 Å². The number of benzene rings is 1. The van der Waals surface area contributed by atoms with E-state index in [1.165, 1.54) is 0 Å². The van der Waals surface area contributed by atoms with Gasteiger partial charge in [0.05, 0.1) is 5.92 Å². The third-order valence-electron chi connectivity index (χ3n) is 2.86. The summed E-state index contributed by atoms with van der Waals surface area (Å²) < 4.78 is 5.06. The lowest BCUT2D eigenvalue weighted by Crippen LogP contribution is -2.39. The third kappa shape index (κ3) is 3.31. The van der Waals surface area contributed by atoms with Crippen molar-refractivity contribution in [2.75, 3.05) is 6.61 Å². The molecule has 6 nitrogen and oxygen atoms in total. The second-order valence-corrected chi connectivity index (χ2v) is 4.26. The van der Waals surface area contributed by atoms with Crippen LogP contribution in [0.15, 0.2) is 24.3 Å². The van der Waals surface area contributed by atoms with Gasteiger partial charge < -0.3 is 9.84 Å². The topological polar surface area (TPSA) is 92.7 Å². The Morgan fingerprint density at radius 2 is 2.21 bits per heavy atom. The molecule has 1 fully saturated rings. The lowest BCUT2D eigenvalue weighted by molar-refractivity contribution is -0.139. The second-order valence-electron chi connectivity index (χ2n) is 4.26. The maximum Gasteiger partial charge on any atom is 0.341 e. The Labute approximate surface area is 109 Å². The lowest BCUT2D eigenvalue weighted by atomic mass is 9.90. The first-order chi connectivity index (χ1) is 9.06. The number of piperidine rings is 1. The van der Waals surface area contributed by atoms with Crippen LogP contribution in [0, 0.1) is 0 Å². The molecule has 0 radical (unpaired) electrons. The number of rotatable bonds is 4. The van der Waals surface area contributed by atoms with Crippen molar-refractivity contribution in [3.05, 3.63) is 29.8 Å². The first-order valence-corrected chi connectivity index (χ1v) is 5.84. The van der Waals surface area contributed by atoms with Crippen molar-refractivity contribution in [3.8, 4) is 5.75 Å². The molecule has 1 aromatic carbocycles. The summed E-state index contributed by atoms with van der Waals surface area (Å²) in [7, 11) is 0. The molecule has 6 heteroatoms. The Morgan fingerprint density at radius 1 is 1.42 bits per heavy atom. The normalized spacial score (nSPS) is 18.8. The number of imide groups is 1. The van der Waals surface area contributed by atoms with Gasteiger partial charge in [0.2, 0.25) is 11.8 Å². The number of hydrogen-bond donors (Lipinski definition) is 2. The average Bonchev–Trinajstić information content (AvgIpc) is 2.36. The number of ether oxygens (including phenoxy) is 1. The Bertz CT molecular complexity index is 526. The summed E-state index contributed by atoms with van der Waals surface area (Å²) in [5.74, 6) is -1.66. The number of amides is 2. The summed E-state index contributed by atoms with van der Waals surface area (Å²) in [4.78, 5) is 33.2. The van der Waals surface area contributed by atoms with Gasteiger partial charge in [-0.1, -0.05) is 12.1 Å². The van der Waals surface area contributed by atoms with Crippen LogP contribution >= 0.6 is 0 Å². The summed E-state index contributed by atoms with van der Waals surface area (Å²) in [6, 6.07) is 6.70. The number of nitrogens with one attached hydrogen (secondary N) is 1. The number of aliphatic carboxylic acids is 1. The van der Waals surface area contributed by atoms with Gasteiger partial charge in [-0.2, -0.15) is 0 Å². The molecule has 2 amide bonds. The maximum absolute atomic E-state index is 11.7. The van der Waals surface area contributed by atoms with Crippen molar-refractivity contribution < 1.29 is 24.2 Å². The zero-order chi connectivity index (χ0) is 13.8. The van der Waals surface area contributed by atoms with E-state index in [-0.39, 0.29) is 11.8 Å². The van der Waals surface area contributed by atoms with Crippen LogP contribution in [-0.4, -0.2) is 29.5 Å². The second kappa shape index (κ2) is 5.51. The Kier molecular flexibility index (Phi) is 3.79. The average molecular weight is 263 g/mol. The molecule has 100 valence electrons. The highest BCUT2D eigenvalue weighted by Gasteiger charge is 2.27.